The first-order valence-electron chi connectivity index (χ1n) is 5.41. The SMILES string of the molecule is CNC(Cc1ccc(C(F)(F)F)nn1)C(C)C. The fourth-order valence-corrected chi connectivity index (χ4v) is 1.52. The zero-order valence-corrected chi connectivity index (χ0v) is 10.0. The van der Waals surface area contributed by atoms with Crippen LogP contribution in [0.15, 0.2) is 12.1 Å². The second kappa shape index (κ2) is 5.44. The third-order valence-corrected chi connectivity index (χ3v) is 2.61. The molecule has 0 aromatic carbocycles. The van der Waals surface area contributed by atoms with Crippen molar-refractivity contribution in [3.8, 4) is 0 Å². The molecule has 1 aromatic rings. The molecule has 1 atom stereocenters. The fraction of sp³-hybridized carbons (Fsp3) is 0.636. The largest absolute Gasteiger partial charge is 0.435 e. The van der Waals surface area contributed by atoms with Crippen molar-refractivity contribution in [2.75, 3.05) is 7.05 Å². The maximum Gasteiger partial charge on any atom is 0.435 e. The zero-order valence-electron chi connectivity index (χ0n) is 10.0. The summed E-state index contributed by atoms with van der Waals surface area (Å²) >= 11 is 0. The molecule has 1 heterocycles. The number of rotatable bonds is 4. The van der Waals surface area contributed by atoms with Gasteiger partial charge in [0.2, 0.25) is 0 Å². The molecule has 1 aromatic heterocycles. The van der Waals surface area contributed by atoms with Crippen LogP contribution in [0, 0.1) is 5.92 Å². The lowest BCUT2D eigenvalue weighted by atomic mass is 9.99. The van der Waals surface area contributed by atoms with Crippen molar-refractivity contribution in [2.24, 2.45) is 5.92 Å². The van der Waals surface area contributed by atoms with Crippen LogP contribution in [0.3, 0.4) is 0 Å². The van der Waals surface area contributed by atoms with Gasteiger partial charge in [-0.25, -0.2) is 0 Å². The lowest BCUT2D eigenvalue weighted by Gasteiger charge is -2.19. The summed E-state index contributed by atoms with van der Waals surface area (Å²) in [6, 6.07) is 2.53. The van der Waals surface area contributed by atoms with Crippen LogP contribution in [0.25, 0.3) is 0 Å². The molecule has 0 radical (unpaired) electrons. The highest BCUT2D eigenvalue weighted by molar-refractivity contribution is 5.10. The molecule has 0 aliphatic heterocycles. The molecule has 1 unspecified atom stereocenters. The highest BCUT2D eigenvalue weighted by atomic mass is 19.4. The highest BCUT2D eigenvalue weighted by Crippen LogP contribution is 2.26. The molecule has 0 saturated heterocycles. The molecule has 0 bridgehead atoms. The van der Waals surface area contributed by atoms with Crippen LogP contribution >= 0.6 is 0 Å². The van der Waals surface area contributed by atoms with Gasteiger partial charge in [-0.3, -0.25) is 0 Å². The summed E-state index contributed by atoms with van der Waals surface area (Å²) in [5.41, 5.74) is -0.391. The highest BCUT2D eigenvalue weighted by Gasteiger charge is 2.32. The molecule has 3 nitrogen and oxygen atoms in total. The quantitative estimate of drug-likeness (QED) is 0.887. The average Bonchev–Trinajstić information content (AvgIpc) is 2.25. The van der Waals surface area contributed by atoms with Gasteiger partial charge < -0.3 is 5.32 Å². The van der Waals surface area contributed by atoms with E-state index >= 15 is 0 Å². The maximum absolute atomic E-state index is 12.3. The molecular formula is C11H16F3N3. The van der Waals surface area contributed by atoms with Crippen molar-refractivity contribution in [2.45, 2.75) is 32.5 Å². The molecule has 0 saturated carbocycles. The Morgan fingerprint density at radius 2 is 1.88 bits per heavy atom. The molecule has 0 aliphatic carbocycles. The molecule has 0 spiro atoms. The average molecular weight is 247 g/mol. The van der Waals surface area contributed by atoms with Crippen LogP contribution in [0.2, 0.25) is 0 Å². The number of likely N-dealkylation sites (N-methyl/N-ethyl adjacent to an activating group) is 1. The van der Waals surface area contributed by atoms with E-state index < -0.39 is 11.9 Å². The van der Waals surface area contributed by atoms with Crippen LogP contribution in [0.1, 0.15) is 25.2 Å². The second-order valence-corrected chi connectivity index (χ2v) is 4.25. The van der Waals surface area contributed by atoms with Crippen molar-refractivity contribution in [3.05, 3.63) is 23.5 Å². The topological polar surface area (TPSA) is 37.8 Å². The Hall–Kier alpha value is -1.17. The fourth-order valence-electron chi connectivity index (χ4n) is 1.52. The van der Waals surface area contributed by atoms with Gasteiger partial charge in [0.15, 0.2) is 5.69 Å². The number of nitrogens with one attached hydrogen (secondary N) is 1. The Labute approximate surface area is 98.4 Å². The molecule has 0 amide bonds. The van der Waals surface area contributed by atoms with Crippen molar-refractivity contribution >= 4 is 0 Å². The summed E-state index contributed by atoms with van der Waals surface area (Å²) in [6.07, 6.45) is -3.86. The predicted molar refractivity (Wildman–Crippen MR) is 58.4 cm³/mol. The Morgan fingerprint density at radius 3 is 2.24 bits per heavy atom. The van der Waals surface area contributed by atoms with Gasteiger partial charge in [-0.15, -0.1) is 5.10 Å². The first-order valence-corrected chi connectivity index (χ1v) is 5.41. The monoisotopic (exact) mass is 247 g/mol. The number of nitrogens with zero attached hydrogens (tertiary/aromatic N) is 2. The third-order valence-electron chi connectivity index (χ3n) is 2.61. The molecular weight excluding hydrogens is 231 g/mol. The van der Waals surface area contributed by atoms with E-state index in [0.717, 1.165) is 6.07 Å². The molecule has 1 rings (SSSR count). The molecule has 17 heavy (non-hydrogen) atoms. The van der Waals surface area contributed by atoms with E-state index in [2.05, 4.69) is 15.5 Å². The summed E-state index contributed by atoms with van der Waals surface area (Å²) in [4.78, 5) is 0. The first-order chi connectivity index (χ1) is 7.84. The zero-order chi connectivity index (χ0) is 13.1. The summed E-state index contributed by atoms with van der Waals surface area (Å²) in [5.74, 6) is 0.379. The predicted octanol–water partition coefficient (Wildman–Crippen LogP) is 2.28. The van der Waals surface area contributed by atoms with E-state index in [-0.39, 0.29) is 6.04 Å². The Kier molecular flexibility index (Phi) is 4.45. The van der Waals surface area contributed by atoms with Crippen molar-refractivity contribution in [3.63, 3.8) is 0 Å². The van der Waals surface area contributed by atoms with E-state index in [1.165, 1.54) is 6.07 Å². The van der Waals surface area contributed by atoms with Crippen LogP contribution < -0.4 is 5.32 Å². The van der Waals surface area contributed by atoms with Crippen LogP contribution in [0.5, 0.6) is 0 Å². The van der Waals surface area contributed by atoms with Gasteiger partial charge in [0.1, 0.15) is 0 Å². The maximum atomic E-state index is 12.3. The standard InChI is InChI=1S/C11H16F3N3/c1-7(2)9(15-3)6-8-4-5-10(17-16-8)11(12,13)14/h4-5,7,9,15H,6H2,1-3H3. The molecule has 0 aliphatic rings. The lowest BCUT2D eigenvalue weighted by molar-refractivity contribution is -0.141. The van der Waals surface area contributed by atoms with E-state index in [9.17, 15) is 13.2 Å². The van der Waals surface area contributed by atoms with Gasteiger partial charge in [0, 0.05) is 12.5 Å². The Bertz CT molecular complexity index is 346. The van der Waals surface area contributed by atoms with Crippen molar-refractivity contribution < 1.29 is 13.2 Å². The number of hydrogen-bond donors (Lipinski definition) is 1. The van der Waals surface area contributed by atoms with Gasteiger partial charge in [-0.1, -0.05) is 13.8 Å². The van der Waals surface area contributed by atoms with Crippen LogP contribution in [0.4, 0.5) is 13.2 Å². The van der Waals surface area contributed by atoms with E-state index in [0.29, 0.717) is 18.0 Å². The molecule has 1 N–H and O–H groups in total. The number of hydrogen-bond acceptors (Lipinski definition) is 3. The van der Waals surface area contributed by atoms with Gasteiger partial charge in [0.25, 0.3) is 0 Å². The number of halogens is 3. The second-order valence-electron chi connectivity index (χ2n) is 4.25. The smallest absolute Gasteiger partial charge is 0.316 e. The normalized spacial score (nSPS) is 14.1. The molecule has 96 valence electrons. The number of alkyl halides is 3. The minimum atomic E-state index is -4.42. The molecule has 0 fully saturated rings. The van der Waals surface area contributed by atoms with E-state index in [1.54, 1.807) is 0 Å². The summed E-state index contributed by atoms with van der Waals surface area (Å²) in [7, 11) is 1.82. The lowest BCUT2D eigenvalue weighted by Crippen LogP contribution is -2.33. The number of aromatic nitrogens is 2. The summed E-state index contributed by atoms with van der Waals surface area (Å²) < 4.78 is 36.8. The molecule has 6 heteroatoms. The van der Waals surface area contributed by atoms with Crippen LogP contribution in [-0.4, -0.2) is 23.3 Å². The minimum Gasteiger partial charge on any atom is -0.316 e. The van der Waals surface area contributed by atoms with Gasteiger partial charge >= 0.3 is 6.18 Å². The van der Waals surface area contributed by atoms with Gasteiger partial charge in [0.05, 0.1) is 5.69 Å². The van der Waals surface area contributed by atoms with Gasteiger partial charge in [-0.05, 0) is 25.1 Å². The third kappa shape index (κ3) is 3.96. The summed E-state index contributed by atoms with van der Waals surface area (Å²) in [5, 5.41) is 9.90. The Morgan fingerprint density at radius 1 is 1.24 bits per heavy atom. The first kappa shape index (κ1) is 13.9. The van der Waals surface area contributed by atoms with Crippen LogP contribution in [-0.2, 0) is 12.6 Å². The van der Waals surface area contributed by atoms with E-state index in [4.69, 9.17) is 0 Å². The van der Waals surface area contributed by atoms with Crippen molar-refractivity contribution in [1.29, 1.82) is 0 Å². The van der Waals surface area contributed by atoms with E-state index in [1.807, 2.05) is 20.9 Å². The van der Waals surface area contributed by atoms with Crippen molar-refractivity contribution in [1.82, 2.24) is 15.5 Å². The minimum absolute atomic E-state index is 0.182. The summed E-state index contributed by atoms with van der Waals surface area (Å²) in [6.45, 7) is 4.08. The Balaban J connectivity index is 2.75. The van der Waals surface area contributed by atoms with Gasteiger partial charge in [-0.2, -0.15) is 18.3 Å².